The van der Waals surface area contributed by atoms with E-state index in [1.165, 1.54) is 22.0 Å². The molecule has 0 spiro atoms. The number of aromatic amines is 1. The zero-order valence-corrected chi connectivity index (χ0v) is 13.1. The van der Waals surface area contributed by atoms with Gasteiger partial charge < -0.3 is 14.8 Å². The van der Waals surface area contributed by atoms with Gasteiger partial charge in [-0.25, -0.2) is 0 Å². The molecule has 4 nitrogen and oxygen atoms in total. The minimum absolute atomic E-state index is 0.798. The summed E-state index contributed by atoms with van der Waals surface area (Å²) in [6.45, 7) is 2.93. The number of nitrogens with one attached hydrogen (secondary N) is 1. The molecule has 4 heteroatoms. The van der Waals surface area contributed by atoms with Gasteiger partial charge >= 0.3 is 0 Å². The van der Waals surface area contributed by atoms with Crippen LogP contribution in [-0.2, 0) is 6.42 Å². The molecule has 108 valence electrons. The lowest BCUT2D eigenvalue weighted by Gasteiger charge is -2.22. The highest BCUT2D eigenvalue weighted by atomic mass is 15.3. The highest BCUT2D eigenvalue weighted by Gasteiger charge is 2.06. The SMILES string of the molecule is Cc1cccc2c(CCN=C(N(C)C)N(C)C)c[nH]c12. The third-order valence-electron chi connectivity index (χ3n) is 3.44. The number of aromatic nitrogens is 1. The Bertz CT molecular complexity index is 598. The van der Waals surface area contributed by atoms with Crippen LogP contribution in [0.2, 0.25) is 0 Å². The molecule has 0 amide bonds. The Labute approximate surface area is 121 Å². The van der Waals surface area contributed by atoms with Crippen molar-refractivity contribution in [2.75, 3.05) is 34.7 Å². The van der Waals surface area contributed by atoms with E-state index in [2.05, 4.69) is 41.3 Å². The zero-order chi connectivity index (χ0) is 14.7. The molecular formula is C16H24N4. The summed E-state index contributed by atoms with van der Waals surface area (Å²) in [6, 6.07) is 6.43. The second-order valence-electron chi connectivity index (χ2n) is 5.53. The normalized spacial score (nSPS) is 10.7. The van der Waals surface area contributed by atoms with E-state index in [1.54, 1.807) is 0 Å². The zero-order valence-electron chi connectivity index (χ0n) is 13.1. The third-order valence-corrected chi connectivity index (χ3v) is 3.44. The first-order valence-electron chi connectivity index (χ1n) is 6.95. The van der Waals surface area contributed by atoms with Crippen molar-refractivity contribution in [1.82, 2.24) is 14.8 Å². The predicted octanol–water partition coefficient (Wildman–Crippen LogP) is 2.50. The summed E-state index contributed by atoms with van der Waals surface area (Å²) in [7, 11) is 8.09. The first-order chi connectivity index (χ1) is 9.50. The van der Waals surface area contributed by atoms with Gasteiger partial charge in [-0.15, -0.1) is 0 Å². The highest BCUT2D eigenvalue weighted by molar-refractivity contribution is 5.86. The molecular weight excluding hydrogens is 248 g/mol. The predicted molar refractivity (Wildman–Crippen MR) is 86.4 cm³/mol. The highest BCUT2D eigenvalue weighted by Crippen LogP contribution is 2.21. The fourth-order valence-corrected chi connectivity index (χ4v) is 2.53. The average molecular weight is 272 g/mol. The average Bonchev–Trinajstić information content (AvgIpc) is 2.78. The summed E-state index contributed by atoms with van der Waals surface area (Å²) in [6.07, 6.45) is 3.06. The van der Waals surface area contributed by atoms with Crippen LogP contribution in [0.25, 0.3) is 10.9 Å². The van der Waals surface area contributed by atoms with E-state index in [4.69, 9.17) is 0 Å². The van der Waals surface area contributed by atoms with Crippen LogP contribution in [0.5, 0.6) is 0 Å². The number of aliphatic imine (C=N–C) groups is 1. The number of benzene rings is 1. The van der Waals surface area contributed by atoms with Crippen molar-refractivity contribution in [1.29, 1.82) is 0 Å². The Morgan fingerprint density at radius 1 is 1.15 bits per heavy atom. The summed E-state index contributed by atoms with van der Waals surface area (Å²) in [5, 5.41) is 1.32. The van der Waals surface area contributed by atoms with Crippen molar-refractivity contribution < 1.29 is 0 Å². The maximum Gasteiger partial charge on any atom is 0.195 e. The lowest BCUT2D eigenvalue weighted by atomic mass is 10.1. The summed E-state index contributed by atoms with van der Waals surface area (Å²) < 4.78 is 0. The van der Waals surface area contributed by atoms with Crippen molar-refractivity contribution in [3.63, 3.8) is 0 Å². The number of guanidine groups is 1. The number of hydrogen-bond acceptors (Lipinski definition) is 1. The summed E-state index contributed by atoms with van der Waals surface area (Å²) in [5.41, 5.74) is 3.87. The van der Waals surface area contributed by atoms with E-state index >= 15 is 0 Å². The van der Waals surface area contributed by atoms with E-state index < -0.39 is 0 Å². The van der Waals surface area contributed by atoms with Crippen molar-refractivity contribution in [3.8, 4) is 0 Å². The number of rotatable bonds is 3. The van der Waals surface area contributed by atoms with Gasteiger partial charge in [-0.1, -0.05) is 18.2 Å². The maximum atomic E-state index is 4.68. The molecule has 0 aliphatic heterocycles. The molecule has 1 aromatic carbocycles. The maximum absolute atomic E-state index is 4.68. The summed E-state index contributed by atoms with van der Waals surface area (Å²) >= 11 is 0. The van der Waals surface area contributed by atoms with Gasteiger partial charge in [-0.3, -0.25) is 4.99 Å². The third kappa shape index (κ3) is 2.95. The molecule has 1 N–H and O–H groups in total. The second kappa shape index (κ2) is 5.99. The van der Waals surface area contributed by atoms with E-state index in [-0.39, 0.29) is 0 Å². The Balaban J connectivity index is 2.14. The van der Waals surface area contributed by atoms with Gasteiger partial charge in [0.15, 0.2) is 5.96 Å². The number of para-hydroxylation sites is 1. The Kier molecular flexibility index (Phi) is 4.32. The van der Waals surface area contributed by atoms with Gasteiger partial charge in [-0.2, -0.15) is 0 Å². The second-order valence-corrected chi connectivity index (χ2v) is 5.53. The smallest absolute Gasteiger partial charge is 0.195 e. The van der Waals surface area contributed by atoms with Crippen LogP contribution in [0, 0.1) is 6.92 Å². The number of nitrogens with zero attached hydrogens (tertiary/aromatic N) is 3. The molecule has 1 heterocycles. The van der Waals surface area contributed by atoms with Crippen LogP contribution < -0.4 is 0 Å². The van der Waals surface area contributed by atoms with Crippen LogP contribution in [0.3, 0.4) is 0 Å². The van der Waals surface area contributed by atoms with Crippen molar-refractivity contribution >= 4 is 16.9 Å². The monoisotopic (exact) mass is 272 g/mol. The topological polar surface area (TPSA) is 34.6 Å². The van der Waals surface area contributed by atoms with Crippen LogP contribution in [0.15, 0.2) is 29.4 Å². The number of hydrogen-bond donors (Lipinski definition) is 1. The fraction of sp³-hybridized carbons (Fsp3) is 0.438. The van der Waals surface area contributed by atoms with Crippen LogP contribution in [0.4, 0.5) is 0 Å². The number of aryl methyl sites for hydroxylation is 1. The Hall–Kier alpha value is -1.97. The molecule has 2 rings (SSSR count). The quantitative estimate of drug-likeness (QED) is 0.688. The molecule has 0 fully saturated rings. The lowest BCUT2D eigenvalue weighted by Crippen LogP contribution is -2.35. The van der Waals surface area contributed by atoms with E-state index in [9.17, 15) is 0 Å². The molecule has 0 saturated heterocycles. The van der Waals surface area contributed by atoms with Crippen molar-refractivity contribution in [3.05, 3.63) is 35.5 Å². The van der Waals surface area contributed by atoms with Crippen molar-refractivity contribution in [2.45, 2.75) is 13.3 Å². The minimum Gasteiger partial charge on any atom is -0.361 e. The van der Waals surface area contributed by atoms with Gasteiger partial charge in [0, 0.05) is 51.8 Å². The van der Waals surface area contributed by atoms with E-state index in [0.29, 0.717) is 0 Å². The molecule has 0 atom stereocenters. The van der Waals surface area contributed by atoms with Gasteiger partial charge in [0.2, 0.25) is 0 Å². The fourth-order valence-electron chi connectivity index (χ4n) is 2.53. The van der Waals surface area contributed by atoms with Gasteiger partial charge in [0.25, 0.3) is 0 Å². The molecule has 0 aliphatic rings. The molecule has 0 unspecified atom stereocenters. The summed E-state index contributed by atoms with van der Waals surface area (Å²) in [4.78, 5) is 12.1. The molecule has 1 aromatic heterocycles. The first kappa shape index (κ1) is 14.4. The first-order valence-corrected chi connectivity index (χ1v) is 6.95. The molecule has 0 radical (unpaired) electrons. The van der Waals surface area contributed by atoms with E-state index in [0.717, 1.165) is 18.9 Å². The lowest BCUT2D eigenvalue weighted by molar-refractivity contribution is 0.479. The Morgan fingerprint density at radius 2 is 1.85 bits per heavy atom. The number of H-pyrrole nitrogens is 1. The molecule has 20 heavy (non-hydrogen) atoms. The van der Waals surface area contributed by atoms with Crippen LogP contribution in [-0.4, -0.2) is 55.5 Å². The molecule has 0 bridgehead atoms. The molecule has 2 aromatic rings. The van der Waals surface area contributed by atoms with Gasteiger partial charge in [-0.05, 0) is 24.5 Å². The standard InChI is InChI=1S/C16H24N4/c1-12-7-6-8-14-13(11-18-15(12)14)9-10-17-16(19(2)3)20(4)5/h6-8,11,18H,9-10H2,1-5H3. The minimum atomic E-state index is 0.798. The molecule has 0 saturated carbocycles. The van der Waals surface area contributed by atoms with Gasteiger partial charge in [0.1, 0.15) is 0 Å². The number of fused-ring (bicyclic) bond motifs is 1. The molecule has 0 aliphatic carbocycles. The van der Waals surface area contributed by atoms with Crippen LogP contribution >= 0.6 is 0 Å². The Morgan fingerprint density at radius 3 is 2.50 bits per heavy atom. The van der Waals surface area contributed by atoms with Crippen LogP contribution in [0.1, 0.15) is 11.1 Å². The van der Waals surface area contributed by atoms with Crippen molar-refractivity contribution in [2.24, 2.45) is 4.99 Å². The van der Waals surface area contributed by atoms with E-state index in [1.807, 2.05) is 38.0 Å². The summed E-state index contributed by atoms with van der Waals surface area (Å²) in [5.74, 6) is 1.00. The largest absolute Gasteiger partial charge is 0.361 e. The van der Waals surface area contributed by atoms with Gasteiger partial charge in [0.05, 0.1) is 0 Å².